The molecule has 10 heteroatoms. The maximum absolute atomic E-state index is 12.9. The maximum Gasteiger partial charge on any atom is 0.261 e. The fourth-order valence-corrected chi connectivity index (χ4v) is 4.57. The van der Waals surface area contributed by atoms with Gasteiger partial charge in [0.2, 0.25) is 10.0 Å². The van der Waals surface area contributed by atoms with Crippen molar-refractivity contribution in [1.29, 1.82) is 0 Å². The Bertz CT molecular complexity index is 713. The monoisotopic (exact) mass is 358 g/mol. The van der Waals surface area contributed by atoms with Gasteiger partial charge in [0.25, 0.3) is 5.91 Å². The SMILES string of the molecule is COc1ccc(S(=O)(=O)N2CC3(C[C@H]2C(=O)NO)OCCO3)cc1. The Morgan fingerprint density at radius 2 is 1.96 bits per heavy atom. The molecule has 24 heavy (non-hydrogen) atoms. The van der Waals surface area contributed by atoms with Crippen molar-refractivity contribution in [3.63, 3.8) is 0 Å². The van der Waals surface area contributed by atoms with E-state index < -0.39 is 27.8 Å². The first kappa shape index (κ1) is 17.1. The minimum absolute atomic E-state index is 0.00841. The highest BCUT2D eigenvalue weighted by Crippen LogP contribution is 2.38. The van der Waals surface area contributed by atoms with Crippen LogP contribution >= 0.6 is 0 Å². The van der Waals surface area contributed by atoms with Gasteiger partial charge in [0, 0.05) is 6.42 Å². The average Bonchev–Trinajstić information content (AvgIpc) is 3.22. The van der Waals surface area contributed by atoms with Crippen LogP contribution in [0.1, 0.15) is 6.42 Å². The van der Waals surface area contributed by atoms with Crippen LogP contribution in [0.3, 0.4) is 0 Å². The van der Waals surface area contributed by atoms with Gasteiger partial charge in [0.05, 0.1) is 31.8 Å². The highest BCUT2D eigenvalue weighted by atomic mass is 32.2. The van der Waals surface area contributed by atoms with Gasteiger partial charge >= 0.3 is 0 Å². The van der Waals surface area contributed by atoms with Gasteiger partial charge in [-0.2, -0.15) is 4.31 Å². The predicted octanol–water partition coefficient (Wildman–Crippen LogP) is -0.293. The van der Waals surface area contributed by atoms with E-state index in [1.807, 2.05) is 0 Å². The van der Waals surface area contributed by atoms with Gasteiger partial charge < -0.3 is 14.2 Å². The largest absolute Gasteiger partial charge is 0.497 e. The van der Waals surface area contributed by atoms with Gasteiger partial charge in [-0.25, -0.2) is 13.9 Å². The van der Waals surface area contributed by atoms with E-state index >= 15 is 0 Å². The Labute approximate surface area is 139 Å². The minimum Gasteiger partial charge on any atom is -0.497 e. The summed E-state index contributed by atoms with van der Waals surface area (Å²) >= 11 is 0. The van der Waals surface area contributed by atoms with Gasteiger partial charge in [-0.3, -0.25) is 10.0 Å². The van der Waals surface area contributed by atoms with Crippen LogP contribution < -0.4 is 10.2 Å². The molecule has 2 N–H and O–H groups in total. The zero-order valence-corrected chi connectivity index (χ0v) is 13.8. The molecule has 2 aliphatic heterocycles. The van der Waals surface area contributed by atoms with Crippen LogP contribution in [0.5, 0.6) is 5.75 Å². The Hall–Kier alpha value is -1.72. The number of benzene rings is 1. The van der Waals surface area contributed by atoms with Crippen molar-refractivity contribution in [2.24, 2.45) is 0 Å². The van der Waals surface area contributed by atoms with Crippen molar-refractivity contribution in [2.45, 2.75) is 23.1 Å². The van der Waals surface area contributed by atoms with Crippen molar-refractivity contribution >= 4 is 15.9 Å². The average molecular weight is 358 g/mol. The summed E-state index contributed by atoms with van der Waals surface area (Å²) in [6.45, 7) is 0.521. The number of ether oxygens (including phenoxy) is 3. The zero-order valence-electron chi connectivity index (χ0n) is 13.0. The van der Waals surface area contributed by atoms with Crippen LogP contribution in [-0.4, -0.2) is 62.5 Å². The number of sulfonamides is 1. The highest BCUT2D eigenvalue weighted by Gasteiger charge is 2.55. The lowest BCUT2D eigenvalue weighted by molar-refractivity contribution is -0.146. The molecule has 0 radical (unpaired) electrons. The lowest BCUT2D eigenvalue weighted by atomic mass is 10.1. The molecule has 2 fully saturated rings. The maximum atomic E-state index is 12.9. The third-order valence-corrected chi connectivity index (χ3v) is 6.01. The molecule has 2 heterocycles. The summed E-state index contributed by atoms with van der Waals surface area (Å²) < 4.78 is 42.9. The first-order chi connectivity index (χ1) is 11.4. The first-order valence-corrected chi connectivity index (χ1v) is 8.74. The van der Waals surface area contributed by atoms with E-state index in [-0.39, 0.29) is 17.9 Å². The molecule has 9 nitrogen and oxygen atoms in total. The predicted molar refractivity (Wildman–Crippen MR) is 79.9 cm³/mol. The van der Waals surface area contributed by atoms with E-state index in [0.29, 0.717) is 19.0 Å². The number of amides is 1. The smallest absolute Gasteiger partial charge is 0.261 e. The summed E-state index contributed by atoms with van der Waals surface area (Å²) in [6, 6.07) is 4.69. The number of hydrogen-bond donors (Lipinski definition) is 2. The van der Waals surface area contributed by atoms with Crippen LogP contribution in [0, 0.1) is 0 Å². The summed E-state index contributed by atoms with van der Waals surface area (Å²) in [4.78, 5) is 12.0. The molecule has 1 spiro atoms. The fraction of sp³-hybridized carbons (Fsp3) is 0.500. The third-order valence-electron chi connectivity index (χ3n) is 4.14. The number of carbonyl (C=O) groups is 1. The van der Waals surface area contributed by atoms with Gasteiger partial charge in [0.15, 0.2) is 5.79 Å². The molecular weight excluding hydrogens is 340 g/mol. The molecule has 0 bridgehead atoms. The van der Waals surface area contributed by atoms with Crippen molar-refractivity contribution in [3.05, 3.63) is 24.3 Å². The van der Waals surface area contributed by atoms with Crippen molar-refractivity contribution < 1.29 is 32.6 Å². The van der Waals surface area contributed by atoms with E-state index in [0.717, 1.165) is 4.31 Å². The quantitative estimate of drug-likeness (QED) is 0.561. The summed E-state index contributed by atoms with van der Waals surface area (Å²) in [5.74, 6) is -1.47. The molecule has 1 amide bonds. The van der Waals surface area contributed by atoms with Crippen LogP contribution in [0.4, 0.5) is 0 Å². The number of methoxy groups -OCH3 is 1. The van der Waals surface area contributed by atoms with Gasteiger partial charge in [-0.15, -0.1) is 0 Å². The molecular formula is C14H18N2O7S. The van der Waals surface area contributed by atoms with Crippen LogP contribution in [0.2, 0.25) is 0 Å². The van der Waals surface area contributed by atoms with E-state index in [1.165, 1.54) is 36.9 Å². The van der Waals surface area contributed by atoms with Crippen LogP contribution in [0.25, 0.3) is 0 Å². The van der Waals surface area contributed by atoms with E-state index in [1.54, 1.807) is 0 Å². The number of hydroxylamine groups is 1. The summed E-state index contributed by atoms with van der Waals surface area (Å²) in [7, 11) is -2.51. The molecule has 0 aromatic heterocycles. The minimum atomic E-state index is -3.99. The van der Waals surface area contributed by atoms with Gasteiger partial charge in [0.1, 0.15) is 11.8 Å². The molecule has 2 saturated heterocycles. The van der Waals surface area contributed by atoms with E-state index in [2.05, 4.69) is 0 Å². The Morgan fingerprint density at radius 1 is 1.33 bits per heavy atom. The summed E-state index contributed by atoms with van der Waals surface area (Å²) in [5.41, 5.74) is 1.51. The van der Waals surface area contributed by atoms with Crippen molar-refractivity contribution in [2.75, 3.05) is 26.9 Å². The van der Waals surface area contributed by atoms with Crippen LogP contribution in [0.15, 0.2) is 29.2 Å². The van der Waals surface area contributed by atoms with Crippen molar-refractivity contribution in [3.8, 4) is 5.75 Å². The fourth-order valence-electron chi connectivity index (χ4n) is 2.95. The topological polar surface area (TPSA) is 114 Å². The standard InChI is InChI=1S/C14H18N2O7S/c1-21-10-2-4-11(5-3-10)24(19,20)16-9-14(22-6-7-23-14)8-12(16)13(17)15-18/h2-5,12,18H,6-9H2,1H3,(H,15,17)/t12-/m0/s1. The van der Waals surface area contributed by atoms with Gasteiger partial charge in [-0.05, 0) is 24.3 Å². The molecule has 0 saturated carbocycles. The zero-order chi connectivity index (χ0) is 17.4. The Balaban J connectivity index is 1.95. The lowest BCUT2D eigenvalue weighted by Gasteiger charge is -2.23. The van der Waals surface area contributed by atoms with E-state index in [4.69, 9.17) is 19.4 Å². The van der Waals surface area contributed by atoms with Crippen molar-refractivity contribution in [1.82, 2.24) is 9.79 Å². The number of nitrogens with zero attached hydrogens (tertiary/aromatic N) is 1. The second kappa shape index (κ2) is 6.30. The van der Waals surface area contributed by atoms with Gasteiger partial charge in [-0.1, -0.05) is 0 Å². The molecule has 0 unspecified atom stereocenters. The molecule has 1 aromatic rings. The number of carbonyl (C=O) groups excluding carboxylic acids is 1. The highest BCUT2D eigenvalue weighted by molar-refractivity contribution is 7.89. The molecule has 132 valence electrons. The molecule has 2 aliphatic rings. The molecule has 1 aromatic carbocycles. The Morgan fingerprint density at radius 3 is 2.50 bits per heavy atom. The number of rotatable bonds is 4. The Kier molecular flexibility index (Phi) is 4.49. The second-order valence-electron chi connectivity index (χ2n) is 5.53. The molecule has 3 rings (SSSR count). The number of nitrogens with one attached hydrogen (secondary N) is 1. The normalized spacial score (nSPS) is 23.5. The van der Waals surface area contributed by atoms with Crippen LogP contribution in [-0.2, 0) is 24.3 Å². The first-order valence-electron chi connectivity index (χ1n) is 7.30. The third kappa shape index (κ3) is 2.87. The molecule has 1 atom stereocenters. The van der Waals surface area contributed by atoms with E-state index in [9.17, 15) is 13.2 Å². The lowest BCUT2D eigenvalue weighted by Crippen LogP contribution is -2.45. The second-order valence-corrected chi connectivity index (χ2v) is 7.42. The molecule has 0 aliphatic carbocycles. The summed E-state index contributed by atoms with van der Waals surface area (Å²) in [6.07, 6.45) is 0.00871. The number of hydrogen-bond acceptors (Lipinski definition) is 7. The summed E-state index contributed by atoms with van der Waals surface area (Å²) in [5, 5.41) is 8.93.